The third-order valence-corrected chi connectivity index (χ3v) is 3.78. The summed E-state index contributed by atoms with van der Waals surface area (Å²) in [6.07, 6.45) is 2.57. The third kappa shape index (κ3) is 4.22. The van der Waals surface area contributed by atoms with Gasteiger partial charge in [-0.25, -0.2) is 0 Å². The number of halogens is 1. The number of likely N-dealkylation sites (N-methyl/N-ethyl adjacent to an activating group) is 1. The molecule has 2 rings (SSSR count). The van der Waals surface area contributed by atoms with Crippen LogP contribution in [0.4, 0.5) is 0 Å². The summed E-state index contributed by atoms with van der Waals surface area (Å²) in [4.78, 5) is 15.9. The Hall–Kier alpha value is -1.06. The van der Waals surface area contributed by atoms with Gasteiger partial charge in [0.2, 0.25) is 5.91 Å². The van der Waals surface area contributed by atoms with E-state index in [9.17, 15) is 4.79 Å². The normalized spacial score (nSPS) is 16.7. The molecular weight excluding hydrogens is 260 g/mol. The Morgan fingerprint density at radius 2 is 1.84 bits per heavy atom. The van der Waals surface area contributed by atoms with Crippen molar-refractivity contribution in [3.8, 4) is 0 Å². The minimum atomic E-state index is 0. The van der Waals surface area contributed by atoms with Crippen LogP contribution in [0.3, 0.4) is 0 Å². The van der Waals surface area contributed by atoms with Crippen LogP contribution in [0.15, 0.2) is 30.3 Å². The molecule has 1 heterocycles. The SMILES string of the molecule is CC(=O)N(C)C(CN1CCCC1)c1ccccc1.Cl. The Morgan fingerprint density at radius 1 is 1.26 bits per heavy atom. The average molecular weight is 283 g/mol. The fourth-order valence-electron chi connectivity index (χ4n) is 2.56. The molecule has 0 bridgehead atoms. The Bertz CT molecular complexity index is 390. The van der Waals surface area contributed by atoms with E-state index in [-0.39, 0.29) is 24.4 Å². The number of hydrogen-bond donors (Lipinski definition) is 0. The van der Waals surface area contributed by atoms with Crippen molar-refractivity contribution in [2.75, 3.05) is 26.7 Å². The molecule has 1 aliphatic heterocycles. The summed E-state index contributed by atoms with van der Waals surface area (Å²) in [5.74, 6) is 0.128. The molecule has 0 spiro atoms. The minimum Gasteiger partial charge on any atom is -0.338 e. The second kappa shape index (κ2) is 7.51. The van der Waals surface area contributed by atoms with E-state index in [1.165, 1.54) is 18.4 Å². The molecule has 1 amide bonds. The van der Waals surface area contributed by atoms with E-state index in [1.807, 2.05) is 30.1 Å². The third-order valence-electron chi connectivity index (χ3n) is 3.78. The van der Waals surface area contributed by atoms with Gasteiger partial charge in [-0.05, 0) is 31.5 Å². The largest absolute Gasteiger partial charge is 0.338 e. The number of benzene rings is 1. The van der Waals surface area contributed by atoms with Crippen LogP contribution >= 0.6 is 12.4 Å². The van der Waals surface area contributed by atoms with Gasteiger partial charge in [-0.1, -0.05) is 30.3 Å². The zero-order valence-corrected chi connectivity index (χ0v) is 12.5. The Kier molecular flexibility index (Phi) is 6.32. The summed E-state index contributed by atoms with van der Waals surface area (Å²) in [6.45, 7) is 4.91. The highest BCUT2D eigenvalue weighted by atomic mass is 35.5. The van der Waals surface area contributed by atoms with E-state index in [0.717, 1.165) is 19.6 Å². The van der Waals surface area contributed by atoms with E-state index in [0.29, 0.717) is 0 Å². The fourth-order valence-corrected chi connectivity index (χ4v) is 2.56. The van der Waals surface area contributed by atoms with Crippen LogP contribution in [0.2, 0.25) is 0 Å². The van der Waals surface area contributed by atoms with Crippen molar-refractivity contribution >= 4 is 18.3 Å². The molecule has 1 aromatic rings. The lowest BCUT2D eigenvalue weighted by Gasteiger charge is -2.31. The molecule has 1 saturated heterocycles. The first-order valence-corrected chi connectivity index (χ1v) is 6.69. The maximum absolute atomic E-state index is 11.6. The number of carbonyl (C=O) groups is 1. The van der Waals surface area contributed by atoms with Crippen LogP contribution in [0.1, 0.15) is 31.4 Å². The zero-order valence-electron chi connectivity index (χ0n) is 11.7. The van der Waals surface area contributed by atoms with Gasteiger partial charge in [0.15, 0.2) is 0 Å². The van der Waals surface area contributed by atoms with Crippen molar-refractivity contribution in [2.24, 2.45) is 0 Å². The smallest absolute Gasteiger partial charge is 0.219 e. The van der Waals surface area contributed by atoms with Crippen molar-refractivity contribution in [1.29, 1.82) is 0 Å². The van der Waals surface area contributed by atoms with E-state index in [1.54, 1.807) is 6.92 Å². The molecule has 0 N–H and O–H groups in total. The molecule has 4 heteroatoms. The summed E-state index contributed by atoms with van der Waals surface area (Å²) in [5.41, 5.74) is 1.22. The molecule has 1 fully saturated rings. The predicted octanol–water partition coefficient (Wildman–Crippen LogP) is 2.72. The first kappa shape index (κ1) is 16.0. The van der Waals surface area contributed by atoms with E-state index in [2.05, 4.69) is 17.0 Å². The number of nitrogens with zero attached hydrogens (tertiary/aromatic N) is 2. The highest BCUT2D eigenvalue weighted by Gasteiger charge is 2.23. The lowest BCUT2D eigenvalue weighted by molar-refractivity contribution is -0.130. The molecule has 1 atom stereocenters. The maximum Gasteiger partial charge on any atom is 0.219 e. The van der Waals surface area contributed by atoms with E-state index < -0.39 is 0 Å². The van der Waals surface area contributed by atoms with Crippen molar-refractivity contribution in [3.05, 3.63) is 35.9 Å². The van der Waals surface area contributed by atoms with Gasteiger partial charge >= 0.3 is 0 Å². The monoisotopic (exact) mass is 282 g/mol. The Morgan fingerprint density at radius 3 is 2.37 bits per heavy atom. The van der Waals surface area contributed by atoms with E-state index in [4.69, 9.17) is 0 Å². The van der Waals surface area contributed by atoms with Crippen molar-refractivity contribution in [1.82, 2.24) is 9.80 Å². The number of carbonyl (C=O) groups excluding carboxylic acids is 1. The van der Waals surface area contributed by atoms with Crippen molar-refractivity contribution < 1.29 is 4.79 Å². The van der Waals surface area contributed by atoms with Gasteiger partial charge in [0.05, 0.1) is 6.04 Å². The predicted molar refractivity (Wildman–Crippen MR) is 80.5 cm³/mol. The van der Waals surface area contributed by atoms with Crippen LogP contribution in [0.25, 0.3) is 0 Å². The highest BCUT2D eigenvalue weighted by molar-refractivity contribution is 5.85. The second-order valence-electron chi connectivity index (χ2n) is 5.06. The van der Waals surface area contributed by atoms with Crippen LogP contribution in [-0.2, 0) is 4.79 Å². The minimum absolute atomic E-state index is 0. The molecule has 3 nitrogen and oxygen atoms in total. The van der Waals surface area contributed by atoms with Crippen LogP contribution in [0.5, 0.6) is 0 Å². The van der Waals surface area contributed by atoms with Gasteiger partial charge in [-0.3, -0.25) is 4.79 Å². The maximum atomic E-state index is 11.6. The molecule has 0 saturated carbocycles. The first-order valence-electron chi connectivity index (χ1n) is 6.69. The molecule has 0 aliphatic carbocycles. The van der Waals surface area contributed by atoms with Gasteiger partial charge in [-0.15, -0.1) is 12.4 Å². The molecule has 19 heavy (non-hydrogen) atoms. The van der Waals surface area contributed by atoms with Gasteiger partial charge < -0.3 is 9.80 Å². The number of rotatable bonds is 4. The summed E-state index contributed by atoms with van der Waals surface area (Å²) in [6, 6.07) is 10.5. The molecule has 0 aromatic heterocycles. The van der Waals surface area contributed by atoms with Crippen LogP contribution in [-0.4, -0.2) is 42.4 Å². The summed E-state index contributed by atoms with van der Waals surface area (Å²) < 4.78 is 0. The first-order chi connectivity index (χ1) is 8.68. The zero-order chi connectivity index (χ0) is 13.0. The molecule has 1 unspecified atom stereocenters. The van der Waals surface area contributed by atoms with Gasteiger partial charge in [0.1, 0.15) is 0 Å². The Balaban J connectivity index is 0.00000180. The topological polar surface area (TPSA) is 23.6 Å². The summed E-state index contributed by atoms with van der Waals surface area (Å²) in [7, 11) is 1.90. The average Bonchev–Trinajstić information content (AvgIpc) is 2.89. The second-order valence-corrected chi connectivity index (χ2v) is 5.06. The van der Waals surface area contributed by atoms with Crippen LogP contribution < -0.4 is 0 Å². The quantitative estimate of drug-likeness (QED) is 0.848. The standard InChI is InChI=1S/C15H22N2O.ClH/c1-13(18)16(2)15(12-17-10-6-7-11-17)14-8-4-3-5-9-14;/h3-5,8-9,15H,6-7,10-12H2,1-2H3;1H. The van der Waals surface area contributed by atoms with Crippen molar-refractivity contribution in [2.45, 2.75) is 25.8 Å². The Labute approximate surface area is 122 Å². The number of likely N-dealkylation sites (tertiary alicyclic amines) is 1. The lowest BCUT2D eigenvalue weighted by atomic mass is 10.1. The molecule has 1 aliphatic rings. The van der Waals surface area contributed by atoms with E-state index >= 15 is 0 Å². The molecular formula is C15H23ClN2O. The van der Waals surface area contributed by atoms with Gasteiger partial charge in [0, 0.05) is 20.5 Å². The van der Waals surface area contributed by atoms with Crippen LogP contribution in [0, 0.1) is 0 Å². The molecule has 1 aromatic carbocycles. The molecule has 0 radical (unpaired) electrons. The summed E-state index contributed by atoms with van der Waals surface area (Å²) >= 11 is 0. The summed E-state index contributed by atoms with van der Waals surface area (Å²) in [5, 5.41) is 0. The molecule has 106 valence electrons. The lowest BCUT2D eigenvalue weighted by Crippen LogP contribution is -2.37. The van der Waals surface area contributed by atoms with Gasteiger partial charge in [0.25, 0.3) is 0 Å². The highest BCUT2D eigenvalue weighted by Crippen LogP contribution is 2.22. The van der Waals surface area contributed by atoms with Crippen molar-refractivity contribution in [3.63, 3.8) is 0 Å². The number of hydrogen-bond acceptors (Lipinski definition) is 2. The van der Waals surface area contributed by atoms with Gasteiger partial charge in [-0.2, -0.15) is 0 Å². The number of amides is 1. The fraction of sp³-hybridized carbons (Fsp3) is 0.533.